The van der Waals surface area contributed by atoms with E-state index < -0.39 is 0 Å². The topological polar surface area (TPSA) is 59.8 Å². The summed E-state index contributed by atoms with van der Waals surface area (Å²) < 4.78 is 2.88. The smallest absolute Gasteiger partial charge is 0.273 e. The van der Waals surface area contributed by atoms with E-state index in [1.165, 1.54) is 0 Å². The third kappa shape index (κ3) is 3.36. The zero-order valence-electron chi connectivity index (χ0n) is 15.4. The second kappa shape index (κ2) is 6.96. The minimum Gasteiger partial charge on any atom is -0.320 e. The van der Waals surface area contributed by atoms with Crippen LogP contribution in [0.15, 0.2) is 54.6 Å². The lowest BCUT2D eigenvalue weighted by Gasteiger charge is -2.12. The normalized spacial score (nSPS) is 11.3. The standard InChI is InChI=1S/C21H20N4OS/c1-13(2)25-18(12-14(3)24-25)20(26)22-16-9-5-4-8-15(16)21-23-17-10-6-7-11-19(17)27-21/h4-13H,1-3H3,(H,22,26). The van der Waals surface area contributed by atoms with Crippen molar-refractivity contribution in [3.05, 3.63) is 66.0 Å². The highest BCUT2D eigenvalue weighted by Crippen LogP contribution is 2.34. The first-order chi connectivity index (χ1) is 13.0. The number of amides is 1. The number of rotatable bonds is 4. The zero-order chi connectivity index (χ0) is 19.0. The summed E-state index contributed by atoms with van der Waals surface area (Å²) in [4.78, 5) is 17.6. The van der Waals surface area contributed by atoms with Crippen molar-refractivity contribution in [2.24, 2.45) is 0 Å². The van der Waals surface area contributed by atoms with Crippen LogP contribution in [0.4, 0.5) is 5.69 Å². The molecule has 0 fully saturated rings. The van der Waals surface area contributed by atoms with Crippen molar-refractivity contribution in [3.63, 3.8) is 0 Å². The van der Waals surface area contributed by atoms with E-state index in [1.54, 1.807) is 16.0 Å². The van der Waals surface area contributed by atoms with Gasteiger partial charge in [-0.15, -0.1) is 11.3 Å². The number of thiazole rings is 1. The number of carbonyl (C=O) groups is 1. The Morgan fingerprint density at radius 2 is 1.85 bits per heavy atom. The van der Waals surface area contributed by atoms with Crippen LogP contribution in [0.3, 0.4) is 0 Å². The second-order valence-corrected chi connectivity index (χ2v) is 7.73. The SMILES string of the molecule is Cc1cc(C(=O)Nc2ccccc2-c2nc3ccccc3s2)n(C(C)C)n1. The largest absolute Gasteiger partial charge is 0.320 e. The van der Waals surface area contributed by atoms with E-state index in [2.05, 4.69) is 16.5 Å². The Kier molecular flexibility index (Phi) is 4.49. The molecule has 1 amide bonds. The van der Waals surface area contributed by atoms with Gasteiger partial charge in [0.1, 0.15) is 10.7 Å². The molecule has 0 saturated heterocycles. The molecule has 0 saturated carbocycles. The van der Waals surface area contributed by atoms with E-state index in [0.29, 0.717) is 5.69 Å². The zero-order valence-corrected chi connectivity index (χ0v) is 16.2. The molecule has 1 N–H and O–H groups in total. The Hall–Kier alpha value is -2.99. The third-order valence-corrected chi connectivity index (χ3v) is 5.35. The molecule has 0 aliphatic carbocycles. The lowest BCUT2D eigenvalue weighted by Crippen LogP contribution is -2.19. The van der Waals surface area contributed by atoms with Crippen LogP contribution in [0.5, 0.6) is 0 Å². The van der Waals surface area contributed by atoms with Gasteiger partial charge >= 0.3 is 0 Å². The van der Waals surface area contributed by atoms with Gasteiger partial charge in [0.25, 0.3) is 5.91 Å². The maximum atomic E-state index is 12.9. The molecular weight excluding hydrogens is 356 g/mol. The number of fused-ring (bicyclic) bond motifs is 1. The lowest BCUT2D eigenvalue weighted by atomic mass is 10.2. The van der Waals surface area contributed by atoms with Crippen LogP contribution in [0.25, 0.3) is 20.8 Å². The number of para-hydroxylation sites is 2. The molecule has 5 nitrogen and oxygen atoms in total. The van der Waals surface area contributed by atoms with Gasteiger partial charge < -0.3 is 5.32 Å². The molecule has 4 rings (SSSR count). The van der Waals surface area contributed by atoms with Gasteiger partial charge in [0.15, 0.2) is 0 Å². The van der Waals surface area contributed by atoms with Crippen molar-refractivity contribution in [2.45, 2.75) is 26.8 Å². The number of nitrogens with zero attached hydrogens (tertiary/aromatic N) is 3. The van der Waals surface area contributed by atoms with Crippen LogP contribution in [0.2, 0.25) is 0 Å². The first-order valence-corrected chi connectivity index (χ1v) is 9.67. The minimum absolute atomic E-state index is 0.110. The minimum atomic E-state index is -0.169. The van der Waals surface area contributed by atoms with E-state index in [9.17, 15) is 4.79 Å². The summed E-state index contributed by atoms with van der Waals surface area (Å²) in [7, 11) is 0. The molecule has 0 spiro atoms. The molecule has 4 aromatic rings. The summed E-state index contributed by atoms with van der Waals surface area (Å²) in [6, 6.07) is 17.7. The number of hydrogen-bond donors (Lipinski definition) is 1. The number of nitrogens with one attached hydrogen (secondary N) is 1. The van der Waals surface area contributed by atoms with Crippen molar-refractivity contribution in [1.29, 1.82) is 0 Å². The van der Waals surface area contributed by atoms with Gasteiger partial charge in [0, 0.05) is 11.6 Å². The van der Waals surface area contributed by atoms with Crippen molar-refractivity contribution < 1.29 is 4.79 Å². The molecule has 0 aliphatic rings. The van der Waals surface area contributed by atoms with Crippen molar-refractivity contribution in [2.75, 3.05) is 5.32 Å². The van der Waals surface area contributed by atoms with Crippen LogP contribution in [-0.4, -0.2) is 20.7 Å². The van der Waals surface area contributed by atoms with Crippen molar-refractivity contribution in [3.8, 4) is 10.6 Å². The Labute approximate surface area is 161 Å². The van der Waals surface area contributed by atoms with Crippen molar-refractivity contribution in [1.82, 2.24) is 14.8 Å². The molecule has 2 heterocycles. The van der Waals surface area contributed by atoms with Gasteiger partial charge in [-0.05, 0) is 51.1 Å². The van der Waals surface area contributed by atoms with Crippen LogP contribution < -0.4 is 5.32 Å². The first kappa shape index (κ1) is 17.4. The maximum Gasteiger partial charge on any atom is 0.273 e. The van der Waals surface area contributed by atoms with Gasteiger partial charge in [0.05, 0.1) is 21.6 Å². The summed E-state index contributed by atoms with van der Waals surface area (Å²) in [5, 5.41) is 8.36. The van der Waals surface area contributed by atoms with Gasteiger partial charge in [-0.1, -0.05) is 24.3 Å². The summed E-state index contributed by atoms with van der Waals surface area (Å²) in [6.45, 7) is 5.92. The van der Waals surface area contributed by atoms with Gasteiger partial charge in [-0.3, -0.25) is 9.48 Å². The van der Waals surface area contributed by atoms with Crippen LogP contribution in [-0.2, 0) is 0 Å². The first-order valence-electron chi connectivity index (χ1n) is 8.85. The number of hydrogen-bond acceptors (Lipinski definition) is 4. The Morgan fingerprint density at radius 3 is 2.63 bits per heavy atom. The van der Waals surface area contributed by atoms with E-state index >= 15 is 0 Å². The molecule has 27 heavy (non-hydrogen) atoms. The maximum absolute atomic E-state index is 12.9. The molecule has 136 valence electrons. The highest BCUT2D eigenvalue weighted by molar-refractivity contribution is 7.21. The number of benzene rings is 2. The molecule has 2 aromatic heterocycles. The summed E-state index contributed by atoms with van der Waals surface area (Å²) >= 11 is 1.62. The van der Waals surface area contributed by atoms with Gasteiger partial charge in [-0.2, -0.15) is 5.10 Å². The molecular formula is C21H20N4OS. The molecule has 0 radical (unpaired) electrons. The predicted octanol–water partition coefficient (Wildman–Crippen LogP) is 5.30. The molecule has 0 unspecified atom stereocenters. The van der Waals surface area contributed by atoms with Crippen LogP contribution >= 0.6 is 11.3 Å². The molecule has 2 aromatic carbocycles. The highest BCUT2D eigenvalue weighted by atomic mass is 32.1. The summed E-state index contributed by atoms with van der Waals surface area (Å²) in [5.74, 6) is -0.169. The van der Waals surface area contributed by atoms with Gasteiger partial charge in [-0.25, -0.2) is 4.98 Å². The fourth-order valence-electron chi connectivity index (χ4n) is 3.03. The van der Waals surface area contributed by atoms with Crippen LogP contribution in [0.1, 0.15) is 36.1 Å². The van der Waals surface area contributed by atoms with Crippen LogP contribution in [0, 0.1) is 6.92 Å². The number of carbonyl (C=O) groups excluding carboxylic acids is 1. The van der Waals surface area contributed by atoms with E-state index in [-0.39, 0.29) is 11.9 Å². The Bertz CT molecular complexity index is 1090. The molecule has 6 heteroatoms. The fourth-order valence-corrected chi connectivity index (χ4v) is 4.04. The lowest BCUT2D eigenvalue weighted by molar-refractivity contribution is 0.101. The van der Waals surface area contributed by atoms with Gasteiger partial charge in [0.2, 0.25) is 0 Å². The fraction of sp³-hybridized carbons (Fsp3) is 0.190. The number of anilines is 1. The predicted molar refractivity (Wildman–Crippen MR) is 110 cm³/mol. The van der Waals surface area contributed by atoms with Crippen molar-refractivity contribution >= 4 is 33.1 Å². The summed E-state index contributed by atoms with van der Waals surface area (Å²) in [5.41, 5.74) is 4.01. The second-order valence-electron chi connectivity index (χ2n) is 6.70. The molecule has 0 atom stereocenters. The van der Waals surface area contributed by atoms with E-state index in [4.69, 9.17) is 4.98 Å². The Morgan fingerprint density at radius 1 is 1.11 bits per heavy atom. The molecule has 0 aliphatic heterocycles. The molecule has 0 bridgehead atoms. The van der Waals surface area contributed by atoms with E-state index in [0.717, 1.165) is 32.2 Å². The van der Waals surface area contributed by atoms with E-state index in [1.807, 2.05) is 69.3 Å². The monoisotopic (exact) mass is 376 g/mol. The summed E-state index contributed by atoms with van der Waals surface area (Å²) in [6.07, 6.45) is 0. The number of aromatic nitrogens is 3. The Balaban J connectivity index is 1.70. The quantitative estimate of drug-likeness (QED) is 0.526. The highest BCUT2D eigenvalue weighted by Gasteiger charge is 2.18. The average Bonchev–Trinajstić information content (AvgIpc) is 3.25. The number of aryl methyl sites for hydroxylation is 1. The average molecular weight is 376 g/mol. The third-order valence-electron chi connectivity index (χ3n) is 4.28.